The monoisotopic (exact) mass is 400 g/mol. The predicted molar refractivity (Wildman–Crippen MR) is 115 cm³/mol. The van der Waals surface area contributed by atoms with Crippen LogP contribution in [0.5, 0.6) is 5.75 Å². The molecule has 2 aromatic rings. The lowest BCUT2D eigenvalue weighted by Gasteiger charge is -2.18. The zero-order valence-electron chi connectivity index (χ0n) is 17.3. The van der Waals surface area contributed by atoms with Crippen LogP contribution in [-0.2, 0) is 11.3 Å². The SMILES string of the molecule is CN=C(NCc1ccc(NC(=O)C(C)C)cc1)NCC(C)Oc1ccccc1F. The molecule has 1 unspecified atom stereocenters. The average molecular weight is 400 g/mol. The number of anilines is 1. The zero-order chi connectivity index (χ0) is 21.2. The molecule has 0 aliphatic heterocycles. The van der Waals surface area contributed by atoms with E-state index in [2.05, 4.69) is 20.9 Å². The van der Waals surface area contributed by atoms with Gasteiger partial charge in [0.25, 0.3) is 0 Å². The van der Waals surface area contributed by atoms with Crippen molar-refractivity contribution in [1.82, 2.24) is 10.6 Å². The summed E-state index contributed by atoms with van der Waals surface area (Å²) in [6.45, 7) is 6.61. The summed E-state index contributed by atoms with van der Waals surface area (Å²) in [5.41, 5.74) is 1.82. The molecule has 1 amide bonds. The molecule has 0 fully saturated rings. The lowest BCUT2D eigenvalue weighted by atomic mass is 10.1. The Kier molecular flexibility index (Phi) is 8.45. The van der Waals surface area contributed by atoms with Crippen molar-refractivity contribution >= 4 is 17.6 Å². The van der Waals surface area contributed by atoms with E-state index in [4.69, 9.17) is 4.74 Å². The number of carbonyl (C=O) groups is 1. The number of aliphatic imine (C=N–C) groups is 1. The van der Waals surface area contributed by atoms with Crippen molar-refractivity contribution in [2.24, 2.45) is 10.9 Å². The maximum absolute atomic E-state index is 13.7. The van der Waals surface area contributed by atoms with Crippen molar-refractivity contribution in [3.63, 3.8) is 0 Å². The first-order valence-electron chi connectivity index (χ1n) is 9.64. The molecule has 29 heavy (non-hydrogen) atoms. The van der Waals surface area contributed by atoms with Crippen molar-refractivity contribution in [3.05, 3.63) is 59.9 Å². The molecule has 1 atom stereocenters. The molecule has 0 spiro atoms. The lowest BCUT2D eigenvalue weighted by molar-refractivity contribution is -0.118. The van der Waals surface area contributed by atoms with Crippen molar-refractivity contribution in [2.45, 2.75) is 33.4 Å². The molecule has 6 nitrogen and oxygen atoms in total. The molecule has 2 rings (SSSR count). The quantitative estimate of drug-likeness (QED) is 0.468. The number of guanidine groups is 1. The van der Waals surface area contributed by atoms with Crippen molar-refractivity contribution < 1.29 is 13.9 Å². The largest absolute Gasteiger partial charge is 0.486 e. The molecule has 0 aliphatic carbocycles. The Hall–Kier alpha value is -3.09. The number of nitrogens with one attached hydrogen (secondary N) is 3. The van der Waals surface area contributed by atoms with E-state index in [9.17, 15) is 9.18 Å². The summed E-state index contributed by atoms with van der Waals surface area (Å²) in [5, 5.41) is 9.25. The number of rotatable bonds is 8. The van der Waals surface area contributed by atoms with Crippen LogP contribution in [0.4, 0.5) is 10.1 Å². The fraction of sp³-hybridized carbons (Fsp3) is 0.364. The van der Waals surface area contributed by atoms with E-state index in [1.165, 1.54) is 6.07 Å². The zero-order valence-corrected chi connectivity index (χ0v) is 17.3. The Bertz CT molecular complexity index is 822. The minimum Gasteiger partial charge on any atom is -0.486 e. The van der Waals surface area contributed by atoms with E-state index in [1.54, 1.807) is 25.2 Å². The van der Waals surface area contributed by atoms with Crippen molar-refractivity contribution in [3.8, 4) is 5.75 Å². The van der Waals surface area contributed by atoms with Crippen LogP contribution in [0.1, 0.15) is 26.3 Å². The van der Waals surface area contributed by atoms with Gasteiger partial charge in [-0.3, -0.25) is 9.79 Å². The summed E-state index contributed by atoms with van der Waals surface area (Å²) in [4.78, 5) is 15.9. The van der Waals surface area contributed by atoms with E-state index < -0.39 is 0 Å². The van der Waals surface area contributed by atoms with E-state index in [0.717, 1.165) is 11.3 Å². The first kappa shape index (κ1) is 22.2. The molecule has 3 N–H and O–H groups in total. The molecular formula is C22H29FN4O2. The third-order valence-electron chi connectivity index (χ3n) is 4.15. The number of benzene rings is 2. The molecular weight excluding hydrogens is 371 g/mol. The standard InChI is InChI=1S/C22H29FN4O2/c1-15(2)21(28)27-18-11-9-17(10-12-18)14-26-22(24-4)25-13-16(3)29-20-8-6-5-7-19(20)23/h5-12,15-16H,13-14H2,1-4H3,(H,27,28)(H2,24,25,26). The lowest BCUT2D eigenvalue weighted by Crippen LogP contribution is -2.41. The Balaban J connectivity index is 1.78. The van der Waals surface area contributed by atoms with Crippen LogP contribution in [0.3, 0.4) is 0 Å². The molecule has 0 bridgehead atoms. The first-order valence-corrected chi connectivity index (χ1v) is 9.64. The van der Waals surface area contributed by atoms with Gasteiger partial charge in [-0.05, 0) is 36.8 Å². The molecule has 0 aliphatic rings. The average Bonchev–Trinajstić information content (AvgIpc) is 2.71. The number of hydrogen-bond donors (Lipinski definition) is 3. The highest BCUT2D eigenvalue weighted by atomic mass is 19.1. The van der Waals surface area contributed by atoms with Crippen LogP contribution in [0.25, 0.3) is 0 Å². The molecule has 0 radical (unpaired) electrons. The molecule has 0 heterocycles. The molecule has 0 aromatic heterocycles. The summed E-state index contributed by atoms with van der Waals surface area (Å²) in [6.07, 6.45) is -0.241. The van der Waals surface area contributed by atoms with Gasteiger partial charge in [0.1, 0.15) is 6.10 Å². The summed E-state index contributed by atoms with van der Waals surface area (Å²) < 4.78 is 19.3. The molecule has 0 saturated carbocycles. The highest BCUT2D eigenvalue weighted by Crippen LogP contribution is 2.16. The van der Waals surface area contributed by atoms with Crippen LogP contribution in [0.15, 0.2) is 53.5 Å². The Labute approximate surface area is 171 Å². The Morgan fingerprint density at radius 1 is 1.07 bits per heavy atom. The summed E-state index contributed by atoms with van der Waals surface area (Å²) in [7, 11) is 1.68. The van der Waals surface area contributed by atoms with E-state index in [0.29, 0.717) is 19.0 Å². The van der Waals surface area contributed by atoms with Crippen molar-refractivity contribution in [1.29, 1.82) is 0 Å². The molecule has 2 aromatic carbocycles. The van der Waals surface area contributed by atoms with Gasteiger partial charge in [-0.1, -0.05) is 38.1 Å². The van der Waals surface area contributed by atoms with Gasteiger partial charge < -0.3 is 20.7 Å². The number of amides is 1. The Morgan fingerprint density at radius 2 is 1.76 bits per heavy atom. The van der Waals surface area contributed by atoms with Gasteiger partial charge >= 0.3 is 0 Å². The van der Waals surface area contributed by atoms with Crippen LogP contribution in [0, 0.1) is 11.7 Å². The summed E-state index contributed by atoms with van der Waals surface area (Å²) in [6, 6.07) is 14.0. The second kappa shape index (κ2) is 11.0. The van der Waals surface area contributed by atoms with E-state index >= 15 is 0 Å². The summed E-state index contributed by atoms with van der Waals surface area (Å²) in [5.74, 6) is 0.401. The van der Waals surface area contributed by atoms with E-state index in [1.807, 2.05) is 45.0 Å². The fourth-order valence-corrected chi connectivity index (χ4v) is 2.44. The maximum atomic E-state index is 13.7. The van der Waals surface area contributed by atoms with Gasteiger partial charge in [-0.15, -0.1) is 0 Å². The van der Waals surface area contributed by atoms with Gasteiger partial charge in [-0.2, -0.15) is 0 Å². The van der Waals surface area contributed by atoms with Gasteiger partial charge in [-0.25, -0.2) is 4.39 Å². The van der Waals surface area contributed by atoms with Crippen LogP contribution < -0.4 is 20.7 Å². The highest BCUT2D eigenvalue weighted by molar-refractivity contribution is 5.92. The minimum absolute atomic E-state index is 0.00722. The second-order valence-corrected chi connectivity index (χ2v) is 7.01. The summed E-state index contributed by atoms with van der Waals surface area (Å²) >= 11 is 0. The van der Waals surface area contributed by atoms with E-state index in [-0.39, 0.29) is 29.5 Å². The molecule has 0 saturated heterocycles. The predicted octanol–water partition coefficient (Wildman–Crippen LogP) is 3.55. The first-order chi connectivity index (χ1) is 13.9. The van der Waals surface area contributed by atoms with Gasteiger partial charge in [0, 0.05) is 25.2 Å². The maximum Gasteiger partial charge on any atom is 0.226 e. The van der Waals surface area contributed by atoms with Crippen LogP contribution in [-0.4, -0.2) is 31.6 Å². The number of hydrogen-bond acceptors (Lipinski definition) is 3. The van der Waals surface area contributed by atoms with Gasteiger partial charge in [0.15, 0.2) is 17.5 Å². The number of carbonyl (C=O) groups excluding carboxylic acids is 1. The smallest absolute Gasteiger partial charge is 0.226 e. The molecule has 7 heteroatoms. The fourth-order valence-electron chi connectivity index (χ4n) is 2.44. The normalized spacial score (nSPS) is 12.4. The number of halogens is 1. The topological polar surface area (TPSA) is 74.8 Å². The number of nitrogens with zero attached hydrogens (tertiary/aromatic N) is 1. The third kappa shape index (κ3) is 7.44. The third-order valence-corrected chi connectivity index (χ3v) is 4.15. The van der Waals surface area contributed by atoms with Crippen LogP contribution in [0.2, 0.25) is 0 Å². The number of ether oxygens (including phenoxy) is 1. The van der Waals surface area contributed by atoms with Gasteiger partial charge in [0.2, 0.25) is 5.91 Å². The molecule has 156 valence electrons. The minimum atomic E-state index is -0.380. The second-order valence-electron chi connectivity index (χ2n) is 7.01. The van der Waals surface area contributed by atoms with Gasteiger partial charge in [0.05, 0.1) is 6.54 Å². The Morgan fingerprint density at radius 3 is 2.38 bits per heavy atom. The number of para-hydroxylation sites is 1. The van der Waals surface area contributed by atoms with Crippen LogP contribution >= 0.6 is 0 Å². The van der Waals surface area contributed by atoms with Crippen molar-refractivity contribution in [2.75, 3.05) is 18.9 Å². The highest BCUT2D eigenvalue weighted by Gasteiger charge is 2.09.